The van der Waals surface area contributed by atoms with Crippen LogP contribution in [0.3, 0.4) is 0 Å². The molecule has 0 bridgehead atoms. The highest BCUT2D eigenvalue weighted by Gasteiger charge is 2.12. The van der Waals surface area contributed by atoms with Gasteiger partial charge in [-0.2, -0.15) is 25.3 Å². The molecule has 0 heterocycles. The molecule has 2 aromatic carbocycles. The van der Waals surface area contributed by atoms with Crippen molar-refractivity contribution in [3.8, 4) is 0 Å². The number of benzene rings is 2. The van der Waals surface area contributed by atoms with Crippen molar-refractivity contribution in [3.63, 3.8) is 0 Å². The molecule has 2 atom stereocenters. The first-order valence-electron chi connectivity index (χ1n) is 5.55. The summed E-state index contributed by atoms with van der Waals surface area (Å²) >= 11 is 9.23. The predicted molar refractivity (Wildman–Crippen MR) is 91.5 cm³/mol. The lowest BCUT2D eigenvalue weighted by Crippen LogP contribution is -1.85. The van der Waals surface area contributed by atoms with Crippen molar-refractivity contribution >= 4 is 46.8 Å². The summed E-state index contributed by atoms with van der Waals surface area (Å²) in [6, 6.07) is 20.6. The molecule has 0 fully saturated rings. The van der Waals surface area contributed by atoms with Gasteiger partial charge >= 0.3 is 0 Å². The minimum Gasteiger partial charge on any atom is -0.159 e. The standard InChI is InChI=1S/C14H14S4/c15-13(11-7-3-1-4-8-11)17-18-14(16)12-9-5-2-6-10-12/h1-10,13-16H. The van der Waals surface area contributed by atoms with Gasteiger partial charge in [0, 0.05) is 0 Å². The Morgan fingerprint density at radius 2 is 0.944 bits per heavy atom. The van der Waals surface area contributed by atoms with Gasteiger partial charge in [-0.1, -0.05) is 82.3 Å². The average molecular weight is 311 g/mol. The minimum absolute atomic E-state index is 0.176. The zero-order chi connectivity index (χ0) is 12.8. The first-order chi connectivity index (χ1) is 8.77. The van der Waals surface area contributed by atoms with Gasteiger partial charge in [-0.05, 0) is 11.1 Å². The zero-order valence-corrected chi connectivity index (χ0v) is 13.1. The van der Waals surface area contributed by atoms with E-state index in [1.165, 1.54) is 11.1 Å². The van der Waals surface area contributed by atoms with E-state index in [-0.39, 0.29) is 9.16 Å². The van der Waals surface area contributed by atoms with Gasteiger partial charge in [-0.3, -0.25) is 0 Å². The molecule has 0 radical (unpaired) electrons. The number of hydrogen-bond acceptors (Lipinski definition) is 4. The lowest BCUT2D eigenvalue weighted by Gasteiger charge is -2.14. The van der Waals surface area contributed by atoms with Crippen LogP contribution in [0.4, 0.5) is 0 Å². The lowest BCUT2D eigenvalue weighted by atomic mass is 10.2. The molecule has 2 rings (SSSR count). The van der Waals surface area contributed by atoms with Gasteiger partial charge in [0.25, 0.3) is 0 Å². The van der Waals surface area contributed by atoms with Crippen LogP contribution in [-0.4, -0.2) is 0 Å². The summed E-state index contributed by atoms with van der Waals surface area (Å²) in [4.78, 5) is 0. The number of thiol groups is 2. The Morgan fingerprint density at radius 3 is 1.28 bits per heavy atom. The SMILES string of the molecule is SC(SSC(S)c1ccccc1)c1ccccc1. The first kappa shape index (κ1) is 14.3. The molecule has 0 N–H and O–H groups in total. The molecule has 0 aliphatic heterocycles. The Hall–Kier alpha value is -0.160. The average Bonchev–Trinajstić information content (AvgIpc) is 2.46. The van der Waals surface area contributed by atoms with Gasteiger partial charge in [0.05, 0.1) is 9.16 Å². The summed E-state index contributed by atoms with van der Waals surface area (Å²) in [5.74, 6) is 0. The maximum atomic E-state index is 4.61. The van der Waals surface area contributed by atoms with E-state index in [1.807, 2.05) is 36.4 Å². The Kier molecular flexibility index (Phi) is 5.89. The van der Waals surface area contributed by atoms with Gasteiger partial charge in [0.1, 0.15) is 0 Å². The summed E-state index contributed by atoms with van der Waals surface area (Å²) in [5, 5.41) is 0. The second-order valence-electron chi connectivity index (χ2n) is 3.72. The van der Waals surface area contributed by atoms with E-state index < -0.39 is 0 Å². The van der Waals surface area contributed by atoms with E-state index in [4.69, 9.17) is 0 Å². The predicted octanol–water partition coefficient (Wildman–Crippen LogP) is 5.63. The van der Waals surface area contributed by atoms with Crippen LogP contribution in [0.15, 0.2) is 60.7 Å². The third kappa shape index (κ3) is 4.19. The van der Waals surface area contributed by atoms with Crippen molar-refractivity contribution in [2.45, 2.75) is 9.16 Å². The fourth-order valence-corrected chi connectivity index (χ4v) is 4.74. The highest BCUT2D eigenvalue weighted by Crippen LogP contribution is 2.48. The molecule has 0 nitrogen and oxygen atoms in total. The van der Waals surface area contributed by atoms with Crippen molar-refractivity contribution in [1.82, 2.24) is 0 Å². The zero-order valence-electron chi connectivity index (χ0n) is 9.64. The van der Waals surface area contributed by atoms with E-state index >= 15 is 0 Å². The molecular weight excluding hydrogens is 296 g/mol. The van der Waals surface area contributed by atoms with Crippen LogP contribution in [0.25, 0.3) is 0 Å². The van der Waals surface area contributed by atoms with Crippen LogP contribution in [0.2, 0.25) is 0 Å². The van der Waals surface area contributed by atoms with Crippen LogP contribution >= 0.6 is 46.8 Å². The second-order valence-corrected chi connectivity index (χ2v) is 7.93. The molecule has 2 aromatic rings. The van der Waals surface area contributed by atoms with Gasteiger partial charge in [-0.25, -0.2) is 0 Å². The molecule has 0 aromatic heterocycles. The molecule has 4 heteroatoms. The Bertz CT molecular complexity index is 412. The summed E-state index contributed by atoms with van der Waals surface area (Å²) in [7, 11) is 3.47. The highest BCUT2D eigenvalue weighted by atomic mass is 33.1. The maximum Gasteiger partial charge on any atom is 0.0825 e. The summed E-state index contributed by atoms with van der Waals surface area (Å²) in [5.41, 5.74) is 2.46. The van der Waals surface area contributed by atoms with Crippen molar-refractivity contribution in [2.24, 2.45) is 0 Å². The van der Waals surface area contributed by atoms with Crippen LogP contribution in [0.1, 0.15) is 20.3 Å². The second kappa shape index (κ2) is 7.43. The molecule has 0 amide bonds. The minimum atomic E-state index is 0.176. The summed E-state index contributed by atoms with van der Waals surface area (Å²) in [6.07, 6.45) is 0. The van der Waals surface area contributed by atoms with Crippen molar-refractivity contribution < 1.29 is 0 Å². The third-order valence-corrected chi connectivity index (χ3v) is 7.00. The molecule has 18 heavy (non-hydrogen) atoms. The van der Waals surface area contributed by atoms with Crippen molar-refractivity contribution in [3.05, 3.63) is 71.8 Å². The molecule has 94 valence electrons. The Labute approximate surface area is 127 Å². The van der Waals surface area contributed by atoms with Gasteiger partial charge < -0.3 is 0 Å². The molecule has 0 aliphatic rings. The Balaban J connectivity index is 1.89. The molecular formula is C14H14S4. The monoisotopic (exact) mass is 310 g/mol. The summed E-state index contributed by atoms with van der Waals surface area (Å²) < 4.78 is 0.351. The molecule has 0 spiro atoms. The normalized spacial score (nSPS) is 14.1. The van der Waals surface area contributed by atoms with E-state index in [0.29, 0.717) is 0 Å². The highest BCUT2D eigenvalue weighted by molar-refractivity contribution is 8.79. The molecule has 2 unspecified atom stereocenters. The molecule has 0 aliphatic carbocycles. The van der Waals surface area contributed by atoms with E-state index in [9.17, 15) is 0 Å². The van der Waals surface area contributed by atoms with E-state index in [0.717, 1.165) is 0 Å². The third-order valence-electron chi connectivity index (χ3n) is 2.41. The Morgan fingerprint density at radius 1 is 0.611 bits per heavy atom. The van der Waals surface area contributed by atoms with Crippen molar-refractivity contribution in [1.29, 1.82) is 0 Å². The quantitative estimate of drug-likeness (QED) is 0.417. The number of hydrogen-bond donors (Lipinski definition) is 2. The smallest absolute Gasteiger partial charge is 0.0825 e. The fourth-order valence-electron chi connectivity index (χ4n) is 1.45. The van der Waals surface area contributed by atoms with Crippen LogP contribution in [-0.2, 0) is 0 Å². The maximum absolute atomic E-state index is 4.61. The van der Waals surface area contributed by atoms with Crippen LogP contribution < -0.4 is 0 Å². The van der Waals surface area contributed by atoms with Crippen LogP contribution in [0.5, 0.6) is 0 Å². The van der Waals surface area contributed by atoms with Gasteiger partial charge in [-0.15, -0.1) is 0 Å². The van der Waals surface area contributed by atoms with E-state index in [1.54, 1.807) is 21.6 Å². The topological polar surface area (TPSA) is 0 Å². The largest absolute Gasteiger partial charge is 0.159 e. The van der Waals surface area contributed by atoms with E-state index in [2.05, 4.69) is 49.5 Å². The first-order valence-corrected chi connectivity index (χ1v) is 8.86. The van der Waals surface area contributed by atoms with Gasteiger partial charge in [0.2, 0.25) is 0 Å². The fraction of sp³-hybridized carbons (Fsp3) is 0.143. The molecule has 0 saturated carbocycles. The molecule has 0 saturated heterocycles. The number of rotatable bonds is 5. The lowest BCUT2D eigenvalue weighted by molar-refractivity contribution is 1.39. The van der Waals surface area contributed by atoms with Crippen LogP contribution in [0, 0.1) is 0 Å². The summed E-state index contributed by atoms with van der Waals surface area (Å²) in [6.45, 7) is 0. The van der Waals surface area contributed by atoms with Crippen molar-refractivity contribution in [2.75, 3.05) is 0 Å². The van der Waals surface area contributed by atoms with Gasteiger partial charge in [0.15, 0.2) is 0 Å².